The van der Waals surface area contributed by atoms with Crippen LogP contribution in [0.4, 0.5) is 0 Å². The van der Waals surface area contributed by atoms with E-state index >= 15 is 0 Å². The summed E-state index contributed by atoms with van der Waals surface area (Å²) in [6.07, 6.45) is 17.4. The molecule has 0 bridgehead atoms. The van der Waals surface area contributed by atoms with E-state index in [0.717, 1.165) is 63.5 Å². The molecule has 4 aromatic carbocycles. The summed E-state index contributed by atoms with van der Waals surface area (Å²) in [6, 6.07) is 20.4. The molecule has 0 aliphatic carbocycles. The number of hydrogen-bond donors (Lipinski definition) is 2. The average molecular weight is 985 g/mol. The Morgan fingerprint density at radius 1 is 0.422 bits per heavy atom. The van der Waals surface area contributed by atoms with Gasteiger partial charge in [-0.3, -0.25) is 9.11 Å². The van der Waals surface area contributed by atoms with Gasteiger partial charge >= 0.3 is 59.1 Å². The second kappa shape index (κ2) is 29.8. The summed E-state index contributed by atoms with van der Waals surface area (Å²) in [6.45, 7) is 4.32. The molecule has 0 aliphatic rings. The van der Waals surface area contributed by atoms with Crippen molar-refractivity contribution in [3.8, 4) is 23.0 Å². The zero-order valence-electron chi connectivity index (χ0n) is 37.2. The van der Waals surface area contributed by atoms with Gasteiger partial charge in [0.05, 0.1) is 9.79 Å². The number of ether oxygens (including phenoxy) is 2. The molecule has 4 aromatic rings. The molecule has 4 rings (SSSR count). The minimum atomic E-state index is -5.04. The average Bonchev–Trinajstić information content (AvgIpc) is 3.19. The van der Waals surface area contributed by atoms with Gasteiger partial charge in [-0.25, -0.2) is 16.8 Å². The van der Waals surface area contributed by atoms with Crippen LogP contribution in [0.2, 0.25) is 0 Å². The number of para-hydroxylation sites is 2. The summed E-state index contributed by atoms with van der Waals surface area (Å²) in [4.78, 5) is -3.00. The predicted octanol–water partition coefficient (Wildman–Crippen LogP) is 4.63. The SMILES string of the molecule is CCCCCCCCCCc1ccc(S(=O)(=O)[O-])c(Oc2ccccc2)c1S(=O)(=O)O.CCCCCCCCCCc1ccc(S(=O)(=O)[O-])c(Oc2ccccc2)c1S(=O)(=O)O.[Na+].[Na+]. The molecule has 0 heterocycles. The number of aryl methyl sites for hydroxylation is 2. The zero-order chi connectivity index (χ0) is 45.8. The van der Waals surface area contributed by atoms with Crippen molar-refractivity contribution < 1.29 is 120 Å². The Kier molecular flexibility index (Phi) is 28.0. The summed E-state index contributed by atoms with van der Waals surface area (Å²) in [7, 11) is -19.8. The van der Waals surface area contributed by atoms with Crippen LogP contribution in [0, 0.1) is 0 Å². The predicted molar refractivity (Wildman–Crippen MR) is 234 cm³/mol. The Hall–Kier alpha value is -1.88. The first-order chi connectivity index (χ1) is 29.3. The first kappa shape index (κ1) is 60.1. The van der Waals surface area contributed by atoms with Gasteiger partial charge in [-0.1, -0.05) is 152 Å². The summed E-state index contributed by atoms with van der Waals surface area (Å²) >= 11 is 0. The van der Waals surface area contributed by atoms with Crippen LogP contribution in [-0.4, -0.2) is 51.9 Å². The third-order valence-corrected chi connectivity index (χ3v) is 13.5. The Morgan fingerprint density at radius 3 is 0.969 bits per heavy atom. The van der Waals surface area contributed by atoms with Crippen molar-refractivity contribution in [3.05, 3.63) is 96.1 Å². The van der Waals surface area contributed by atoms with Crippen molar-refractivity contribution in [2.75, 3.05) is 0 Å². The fourth-order valence-corrected chi connectivity index (χ4v) is 9.94. The van der Waals surface area contributed by atoms with Gasteiger partial charge in [0, 0.05) is 0 Å². The zero-order valence-corrected chi connectivity index (χ0v) is 44.5. The quantitative estimate of drug-likeness (QED) is 0.0495. The number of unbranched alkanes of at least 4 members (excludes halogenated alkanes) is 14. The van der Waals surface area contributed by atoms with Gasteiger partial charge in [-0.05, 0) is 73.2 Å². The van der Waals surface area contributed by atoms with E-state index in [1.807, 2.05) is 0 Å². The van der Waals surface area contributed by atoms with E-state index in [-0.39, 0.29) is 81.7 Å². The summed E-state index contributed by atoms with van der Waals surface area (Å²) in [5, 5.41) is 0. The fraction of sp³-hybridized carbons (Fsp3) is 0.455. The van der Waals surface area contributed by atoms with Crippen molar-refractivity contribution >= 4 is 40.5 Å². The van der Waals surface area contributed by atoms with Gasteiger partial charge in [0.1, 0.15) is 41.5 Å². The molecule has 0 unspecified atom stereocenters. The minimum absolute atomic E-state index is 0. The molecule has 0 saturated carbocycles. The van der Waals surface area contributed by atoms with E-state index in [9.17, 15) is 51.9 Å². The standard InChI is InChI=1S/2C22H30O7S2.2Na/c2*1-2-3-4-5-6-7-8-10-13-18-16-17-20(30(23,24)25)21(22(18)31(26,27)28)29-19-14-11-9-12-15-19;;/h2*9,11-12,14-17H,2-8,10,13H2,1H3,(H,23,24,25)(H,26,27,28);;/q;;2*+1/p-2. The second-order valence-electron chi connectivity index (χ2n) is 14.9. The van der Waals surface area contributed by atoms with Crippen LogP contribution in [0.3, 0.4) is 0 Å². The molecule has 14 nitrogen and oxygen atoms in total. The summed E-state index contributed by atoms with van der Waals surface area (Å²) in [5.41, 5.74) is 0.429. The van der Waals surface area contributed by atoms with E-state index in [1.54, 1.807) is 36.4 Å². The first-order valence-electron chi connectivity index (χ1n) is 20.9. The molecule has 0 amide bonds. The van der Waals surface area contributed by atoms with Crippen molar-refractivity contribution in [2.24, 2.45) is 0 Å². The van der Waals surface area contributed by atoms with E-state index in [2.05, 4.69) is 13.8 Å². The van der Waals surface area contributed by atoms with Crippen LogP contribution < -0.4 is 68.6 Å². The third kappa shape index (κ3) is 21.0. The van der Waals surface area contributed by atoms with Crippen molar-refractivity contribution in [2.45, 2.75) is 149 Å². The third-order valence-electron chi connectivity index (χ3n) is 9.90. The van der Waals surface area contributed by atoms with Crippen LogP contribution >= 0.6 is 0 Å². The number of benzene rings is 4. The largest absolute Gasteiger partial charge is 1.00 e. The van der Waals surface area contributed by atoms with Crippen LogP contribution in [0.25, 0.3) is 0 Å². The maximum absolute atomic E-state index is 12.2. The second-order valence-corrected chi connectivity index (χ2v) is 20.3. The fourth-order valence-electron chi connectivity index (χ4n) is 6.83. The smallest absolute Gasteiger partial charge is 0.744 e. The van der Waals surface area contributed by atoms with Gasteiger partial charge in [-0.2, -0.15) is 16.8 Å². The molecule has 344 valence electrons. The van der Waals surface area contributed by atoms with E-state index in [4.69, 9.17) is 9.47 Å². The maximum atomic E-state index is 12.2. The van der Waals surface area contributed by atoms with Gasteiger partial charge in [0.15, 0.2) is 11.5 Å². The number of rotatable bonds is 26. The molecule has 0 aromatic heterocycles. The molecular formula is C44H58Na2O14S4. The topological polar surface area (TPSA) is 242 Å². The van der Waals surface area contributed by atoms with E-state index in [0.29, 0.717) is 25.7 Å². The first-order valence-corrected chi connectivity index (χ1v) is 26.6. The molecule has 0 aliphatic heterocycles. The van der Waals surface area contributed by atoms with Gasteiger partial charge in [0.25, 0.3) is 20.2 Å². The molecular weight excluding hydrogens is 927 g/mol. The van der Waals surface area contributed by atoms with E-state index < -0.39 is 71.6 Å². The summed E-state index contributed by atoms with van der Waals surface area (Å²) in [5.74, 6) is -1.05. The van der Waals surface area contributed by atoms with Crippen molar-refractivity contribution in [1.82, 2.24) is 0 Å². The molecule has 0 radical (unpaired) electrons. The maximum Gasteiger partial charge on any atom is 1.00 e. The Labute approximate surface area is 424 Å². The number of hydrogen-bond acceptors (Lipinski definition) is 12. The van der Waals surface area contributed by atoms with Gasteiger partial charge < -0.3 is 18.6 Å². The molecule has 0 spiro atoms. The van der Waals surface area contributed by atoms with Crippen LogP contribution in [0.1, 0.15) is 128 Å². The molecule has 2 N–H and O–H groups in total. The molecule has 0 atom stereocenters. The Morgan fingerprint density at radius 2 is 0.703 bits per heavy atom. The van der Waals surface area contributed by atoms with Crippen molar-refractivity contribution in [3.63, 3.8) is 0 Å². The molecule has 0 saturated heterocycles. The minimum Gasteiger partial charge on any atom is -0.744 e. The molecule has 0 fully saturated rings. The van der Waals surface area contributed by atoms with Gasteiger partial charge in [0.2, 0.25) is 0 Å². The normalized spacial score (nSPS) is 11.7. The van der Waals surface area contributed by atoms with Crippen LogP contribution in [0.5, 0.6) is 23.0 Å². The summed E-state index contributed by atoms with van der Waals surface area (Å²) < 4.78 is 150. The van der Waals surface area contributed by atoms with Crippen LogP contribution in [-0.2, 0) is 53.3 Å². The van der Waals surface area contributed by atoms with Crippen molar-refractivity contribution in [1.29, 1.82) is 0 Å². The van der Waals surface area contributed by atoms with Gasteiger partial charge in [-0.15, -0.1) is 0 Å². The Bertz CT molecular complexity index is 2280. The molecule has 20 heteroatoms. The Balaban J connectivity index is 0.000000621. The van der Waals surface area contributed by atoms with E-state index in [1.165, 1.54) is 74.9 Å². The van der Waals surface area contributed by atoms with Crippen LogP contribution in [0.15, 0.2) is 105 Å². The monoisotopic (exact) mass is 984 g/mol. The molecule has 64 heavy (non-hydrogen) atoms.